The molecule has 1 aromatic carbocycles. The van der Waals surface area contributed by atoms with Gasteiger partial charge in [0.1, 0.15) is 12.3 Å². The van der Waals surface area contributed by atoms with E-state index < -0.39 is 5.97 Å². The number of pyridine rings is 1. The van der Waals surface area contributed by atoms with Crippen molar-refractivity contribution in [2.45, 2.75) is 20.0 Å². The predicted molar refractivity (Wildman–Crippen MR) is 73.6 cm³/mol. The monoisotopic (exact) mass is 256 g/mol. The molecule has 2 rings (SSSR count). The normalized spacial score (nSPS) is 10.2. The van der Waals surface area contributed by atoms with Crippen molar-refractivity contribution >= 4 is 11.7 Å². The van der Waals surface area contributed by atoms with E-state index in [1.165, 1.54) is 11.8 Å². The average molecular weight is 256 g/mol. The number of hydrogen-bond acceptors (Lipinski definition) is 4. The minimum Gasteiger partial charge on any atom is -0.456 e. The van der Waals surface area contributed by atoms with Gasteiger partial charge >= 0.3 is 5.97 Å². The van der Waals surface area contributed by atoms with Crippen molar-refractivity contribution in [3.8, 4) is 0 Å². The second-order valence-electron chi connectivity index (χ2n) is 4.22. The highest BCUT2D eigenvalue weighted by molar-refractivity contribution is 5.87. The van der Waals surface area contributed by atoms with Crippen LogP contribution in [-0.4, -0.2) is 11.0 Å². The number of benzene rings is 1. The first-order valence-corrected chi connectivity index (χ1v) is 6.15. The molecular weight excluding hydrogens is 240 g/mol. The molecule has 0 aliphatic heterocycles. The summed E-state index contributed by atoms with van der Waals surface area (Å²) in [5.74, 6) is -0.445. The summed E-state index contributed by atoms with van der Waals surface area (Å²) in [5, 5.41) is 0. The number of nitrogens with two attached hydrogens (primary N) is 1. The molecule has 0 saturated heterocycles. The molecule has 0 saturated carbocycles. The molecule has 0 aliphatic carbocycles. The van der Waals surface area contributed by atoms with Crippen LogP contribution in [-0.2, 0) is 17.8 Å². The van der Waals surface area contributed by atoms with Gasteiger partial charge in [-0.05, 0) is 29.7 Å². The maximum atomic E-state index is 11.7. The van der Waals surface area contributed by atoms with Crippen LogP contribution in [0.1, 0.15) is 28.5 Å². The van der Waals surface area contributed by atoms with Gasteiger partial charge in [-0.2, -0.15) is 0 Å². The molecule has 0 unspecified atom stereocenters. The Morgan fingerprint density at radius 3 is 2.42 bits per heavy atom. The molecule has 1 heterocycles. The summed E-state index contributed by atoms with van der Waals surface area (Å²) in [6.45, 7) is 2.34. The van der Waals surface area contributed by atoms with Crippen LogP contribution in [0.3, 0.4) is 0 Å². The molecule has 4 heteroatoms. The molecule has 98 valence electrons. The number of nitrogen functional groups attached to an aromatic ring is 1. The average Bonchev–Trinajstić information content (AvgIpc) is 2.46. The van der Waals surface area contributed by atoms with E-state index in [0.717, 1.165) is 12.0 Å². The fourth-order valence-corrected chi connectivity index (χ4v) is 1.62. The first-order chi connectivity index (χ1) is 9.19. The van der Waals surface area contributed by atoms with Crippen LogP contribution in [0.5, 0.6) is 0 Å². The van der Waals surface area contributed by atoms with Crippen LogP contribution >= 0.6 is 0 Å². The minimum absolute atomic E-state index is 0.245. The highest BCUT2D eigenvalue weighted by atomic mass is 16.5. The van der Waals surface area contributed by atoms with Gasteiger partial charge in [0.15, 0.2) is 0 Å². The van der Waals surface area contributed by atoms with Crippen LogP contribution < -0.4 is 5.73 Å². The van der Waals surface area contributed by atoms with Gasteiger partial charge in [0.2, 0.25) is 0 Å². The Morgan fingerprint density at radius 1 is 1.16 bits per heavy atom. The molecule has 4 nitrogen and oxygen atoms in total. The van der Waals surface area contributed by atoms with E-state index in [1.54, 1.807) is 12.1 Å². The van der Waals surface area contributed by atoms with Crippen LogP contribution in [0, 0.1) is 0 Å². The number of ether oxygens (including phenoxy) is 1. The van der Waals surface area contributed by atoms with Crippen LogP contribution in [0.2, 0.25) is 0 Å². The first kappa shape index (κ1) is 13.1. The Morgan fingerprint density at radius 2 is 1.84 bits per heavy atom. The van der Waals surface area contributed by atoms with Gasteiger partial charge in [0, 0.05) is 0 Å². The van der Waals surface area contributed by atoms with Crippen molar-refractivity contribution in [2.75, 3.05) is 5.73 Å². The summed E-state index contributed by atoms with van der Waals surface area (Å²) in [5.41, 5.74) is 8.51. The minimum atomic E-state index is -0.445. The molecule has 2 aromatic rings. The van der Waals surface area contributed by atoms with Gasteiger partial charge in [-0.15, -0.1) is 0 Å². The van der Waals surface area contributed by atoms with Crippen molar-refractivity contribution in [1.82, 2.24) is 4.98 Å². The lowest BCUT2D eigenvalue weighted by Gasteiger charge is -2.05. The van der Waals surface area contributed by atoms with E-state index in [-0.39, 0.29) is 12.3 Å². The maximum absolute atomic E-state index is 11.7. The number of rotatable bonds is 4. The van der Waals surface area contributed by atoms with Crippen molar-refractivity contribution in [2.24, 2.45) is 0 Å². The first-order valence-electron chi connectivity index (χ1n) is 6.15. The third-order valence-corrected chi connectivity index (χ3v) is 2.80. The summed E-state index contributed by atoms with van der Waals surface area (Å²) >= 11 is 0. The topological polar surface area (TPSA) is 65.2 Å². The van der Waals surface area contributed by atoms with Gasteiger partial charge in [-0.25, -0.2) is 9.78 Å². The van der Waals surface area contributed by atoms with Gasteiger partial charge in [0.05, 0.1) is 11.9 Å². The van der Waals surface area contributed by atoms with E-state index in [1.807, 2.05) is 24.3 Å². The Balaban J connectivity index is 1.94. The van der Waals surface area contributed by atoms with Gasteiger partial charge < -0.3 is 10.5 Å². The molecule has 0 atom stereocenters. The molecule has 0 radical (unpaired) electrons. The van der Waals surface area contributed by atoms with E-state index in [9.17, 15) is 4.79 Å². The van der Waals surface area contributed by atoms with E-state index in [2.05, 4.69) is 11.9 Å². The molecule has 1 aromatic heterocycles. The zero-order valence-electron chi connectivity index (χ0n) is 10.8. The van der Waals surface area contributed by atoms with Crippen molar-refractivity contribution in [3.05, 3.63) is 59.4 Å². The summed E-state index contributed by atoms with van der Waals surface area (Å²) in [6, 6.07) is 11.2. The van der Waals surface area contributed by atoms with Gasteiger partial charge in [-0.3, -0.25) is 0 Å². The van der Waals surface area contributed by atoms with Crippen molar-refractivity contribution in [1.29, 1.82) is 0 Å². The maximum Gasteiger partial charge on any atom is 0.357 e. The van der Waals surface area contributed by atoms with Gasteiger partial charge in [-0.1, -0.05) is 31.2 Å². The third-order valence-electron chi connectivity index (χ3n) is 2.80. The number of aromatic nitrogens is 1. The van der Waals surface area contributed by atoms with Crippen molar-refractivity contribution < 1.29 is 9.53 Å². The lowest BCUT2D eigenvalue weighted by Crippen LogP contribution is -2.07. The number of aryl methyl sites for hydroxylation is 1. The van der Waals surface area contributed by atoms with E-state index in [4.69, 9.17) is 10.5 Å². The highest BCUT2D eigenvalue weighted by Crippen LogP contribution is 2.08. The molecule has 0 fully saturated rings. The third kappa shape index (κ3) is 3.55. The van der Waals surface area contributed by atoms with Gasteiger partial charge in [0.25, 0.3) is 0 Å². The SMILES string of the molecule is CCc1ccc(COC(=O)c2ccc(N)cn2)cc1. The molecule has 19 heavy (non-hydrogen) atoms. The van der Waals surface area contributed by atoms with E-state index >= 15 is 0 Å². The molecule has 0 bridgehead atoms. The quantitative estimate of drug-likeness (QED) is 0.854. The second kappa shape index (κ2) is 6.00. The van der Waals surface area contributed by atoms with Crippen molar-refractivity contribution in [3.63, 3.8) is 0 Å². The molecular formula is C15H16N2O2. The second-order valence-corrected chi connectivity index (χ2v) is 4.22. The Kier molecular flexibility index (Phi) is 4.13. The number of carbonyl (C=O) groups is 1. The number of nitrogens with zero attached hydrogens (tertiary/aromatic N) is 1. The number of hydrogen-bond donors (Lipinski definition) is 1. The molecule has 0 spiro atoms. The zero-order valence-corrected chi connectivity index (χ0v) is 10.8. The van der Waals surface area contributed by atoms with E-state index in [0.29, 0.717) is 5.69 Å². The molecule has 2 N–H and O–H groups in total. The fraction of sp³-hybridized carbons (Fsp3) is 0.200. The standard InChI is InChI=1S/C15H16N2O2/c1-2-11-3-5-12(6-4-11)10-19-15(18)14-8-7-13(16)9-17-14/h3-9H,2,10,16H2,1H3. The lowest BCUT2D eigenvalue weighted by molar-refractivity contribution is 0.0466. The number of anilines is 1. The van der Waals surface area contributed by atoms with Crippen LogP contribution in [0.15, 0.2) is 42.6 Å². The summed E-state index contributed by atoms with van der Waals surface area (Å²) in [6.07, 6.45) is 2.43. The smallest absolute Gasteiger partial charge is 0.357 e. The number of carbonyl (C=O) groups excluding carboxylic acids is 1. The Labute approximate surface area is 112 Å². The fourth-order valence-electron chi connectivity index (χ4n) is 1.62. The predicted octanol–water partition coefficient (Wildman–Crippen LogP) is 2.58. The van der Waals surface area contributed by atoms with Crippen LogP contribution in [0.4, 0.5) is 5.69 Å². The molecule has 0 aliphatic rings. The lowest BCUT2D eigenvalue weighted by atomic mass is 10.1. The zero-order chi connectivity index (χ0) is 13.7. The Bertz CT molecular complexity index is 547. The summed E-state index contributed by atoms with van der Waals surface area (Å²) in [4.78, 5) is 15.6. The summed E-state index contributed by atoms with van der Waals surface area (Å²) in [7, 11) is 0. The Hall–Kier alpha value is -2.36. The highest BCUT2D eigenvalue weighted by Gasteiger charge is 2.08. The summed E-state index contributed by atoms with van der Waals surface area (Å²) < 4.78 is 5.19. The van der Waals surface area contributed by atoms with Crippen LogP contribution in [0.25, 0.3) is 0 Å². The largest absolute Gasteiger partial charge is 0.456 e. The number of esters is 1. The molecule has 0 amide bonds.